The van der Waals surface area contributed by atoms with Crippen molar-refractivity contribution >= 4 is 27.3 Å². The van der Waals surface area contributed by atoms with Gasteiger partial charge in [-0.25, -0.2) is 8.42 Å². The van der Waals surface area contributed by atoms with E-state index in [0.717, 1.165) is 5.56 Å². The Kier molecular flexibility index (Phi) is 4.80. The molecule has 1 aliphatic rings. The van der Waals surface area contributed by atoms with Crippen LogP contribution in [0.2, 0.25) is 0 Å². The second-order valence-electron chi connectivity index (χ2n) is 5.68. The normalized spacial score (nSPS) is 15.9. The van der Waals surface area contributed by atoms with Gasteiger partial charge in [0, 0.05) is 13.1 Å². The molecule has 1 saturated heterocycles. The number of hydrogen-bond acceptors (Lipinski definition) is 6. The van der Waals surface area contributed by atoms with E-state index in [2.05, 4.69) is 5.32 Å². The van der Waals surface area contributed by atoms with Crippen LogP contribution in [0.25, 0.3) is 0 Å². The summed E-state index contributed by atoms with van der Waals surface area (Å²) >= 11 is 0. The van der Waals surface area contributed by atoms with Crippen molar-refractivity contribution in [3.05, 3.63) is 41.7 Å². The highest BCUT2D eigenvalue weighted by Gasteiger charge is 2.30. The molecular formula is C16H19N3O5S. The van der Waals surface area contributed by atoms with Gasteiger partial charge in [-0.3, -0.25) is 4.79 Å². The number of sulfonamides is 1. The van der Waals surface area contributed by atoms with Gasteiger partial charge < -0.3 is 20.2 Å². The molecule has 1 aromatic carbocycles. The molecule has 25 heavy (non-hydrogen) atoms. The maximum Gasteiger partial charge on any atom is 0.291 e. The summed E-state index contributed by atoms with van der Waals surface area (Å²) in [5, 5.41) is 2.36. The lowest BCUT2D eigenvalue weighted by molar-refractivity contribution is 0.0723. The molecule has 0 spiro atoms. The fraction of sp³-hybridized carbons (Fsp3) is 0.312. The lowest BCUT2D eigenvalue weighted by Crippen LogP contribution is -2.40. The predicted molar refractivity (Wildman–Crippen MR) is 91.8 cm³/mol. The van der Waals surface area contributed by atoms with Gasteiger partial charge in [0.05, 0.1) is 24.6 Å². The fourth-order valence-corrected chi connectivity index (χ4v) is 3.78. The summed E-state index contributed by atoms with van der Waals surface area (Å²) in [5.41, 5.74) is 7.61. The largest absolute Gasteiger partial charge is 0.438 e. The minimum atomic E-state index is -3.78. The van der Waals surface area contributed by atoms with Crippen LogP contribution in [0.5, 0.6) is 0 Å². The van der Waals surface area contributed by atoms with Crippen LogP contribution in [0.3, 0.4) is 0 Å². The molecule has 0 saturated carbocycles. The molecular weight excluding hydrogens is 346 g/mol. The van der Waals surface area contributed by atoms with Gasteiger partial charge >= 0.3 is 0 Å². The monoisotopic (exact) mass is 365 g/mol. The van der Waals surface area contributed by atoms with Crippen molar-refractivity contribution in [3.63, 3.8) is 0 Å². The third-order valence-corrected chi connectivity index (χ3v) is 5.60. The lowest BCUT2D eigenvalue weighted by Gasteiger charge is -2.24. The van der Waals surface area contributed by atoms with Gasteiger partial charge in [-0.1, -0.05) is 6.07 Å². The molecule has 2 heterocycles. The Morgan fingerprint density at radius 1 is 1.20 bits per heavy atom. The minimum Gasteiger partial charge on any atom is -0.438 e. The number of ether oxygens (including phenoxy) is 1. The van der Waals surface area contributed by atoms with Crippen molar-refractivity contribution in [1.29, 1.82) is 0 Å². The number of rotatable bonds is 4. The number of carbonyl (C=O) groups excluding carboxylic acids is 1. The quantitative estimate of drug-likeness (QED) is 0.793. The number of nitrogens with zero attached hydrogens (tertiary/aromatic N) is 1. The van der Waals surface area contributed by atoms with Gasteiger partial charge in [0.1, 0.15) is 0 Å². The highest BCUT2D eigenvalue weighted by molar-refractivity contribution is 7.89. The summed E-state index contributed by atoms with van der Waals surface area (Å²) in [6.07, 6.45) is 0. The van der Waals surface area contributed by atoms with E-state index >= 15 is 0 Å². The number of nitrogens with two attached hydrogens (primary N) is 1. The molecule has 2 aromatic rings. The third-order valence-electron chi connectivity index (χ3n) is 3.83. The number of hydrogen-bond donors (Lipinski definition) is 2. The zero-order valence-electron chi connectivity index (χ0n) is 13.7. The van der Waals surface area contributed by atoms with E-state index in [1.54, 1.807) is 12.1 Å². The Bertz CT molecular complexity index is 885. The van der Waals surface area contributed by atoms with E-state index in [9.17, 15) is 13.2 Å². The Labute approximate surface area is 145 Å². The number of furan rings is 1. The minimum absolute atomic E-state index is 0.104. The van der Waals surface area contributed by atoms with Crippen molar-refractivity contribution in [3.8, 4) is 0 Å². The number of aryl methyl sites for hydroxylation is 1. The average molecular weight is 365 g/mol. The molecule has 0 aliphatic carbocycles. The predicted octanol–water partition coefficient (Wildman–Crippen LogP) is 1.44. The van der Waals surface area contributed by atoms with Crippen molar-refractivity contribution in [2.45, 2.75) is 12.0 Å². The first-order chi connectivity index (χ1) is 11.9. The molecule has 1 amide bonds. The molecule has 0 unspecified atom stereocenters. The third kappa shape index (κ3) is 3.68. The van der Waals surface area contributed by atoms with Crippen LogP contribution in [0.15, 0.2) is 39.8 Å². The molecule has 8 nitrogen and oxygen atoms in total. The first-order valence-electron chi connectivity index (χ1n) is 7.73. The maximum absolute atomic E-state index is 12.5. The molecule has 1 aliphatic heterocycles. The van der Waals surface area contributed by atoms with Crippen molar-refractivity contribution < 1.29 is 22.4 Å². The molecule has 0 atom stereocenters. The number of amides is 1. The van der Waals surface area contributed by atoms with Crippen LogP contribution < -0.4 is 11.1 Å². The van der Waals surface area contributed by atoms with Gasteiger partial charge in [0.25, 0.3) is 15.9 Å². The van der Waals surface area contributed by atoms with Crippen molar-refractivity contribution in [2.75, 3.05) is 37.4 Å². The van der Waals surface area contributed by atoms with Crippen molar-refractivity contribution in [1.82, 2.24) is 4.31 Å². The van der Waals surface area contributed by atoms with Crippen LogP contribution in [0.4, 0.5) is 11.4 Å². The summed E-state index contributed by atoms with van der Waals surface area (Å²) in [7, 11) is -3.78. The highest BCUT2D eigenvalue weighted by Crippen LogP contribution is 2.23. The first-order valence-corrected chi connectivity index (χ1v) is 9.17. The van der Waals surface area contributed by atoms with Gasteiger partial charge in [0.2, 0.25) is 5.09 Å². The highest BCUT2D eigenvalue weighted by atomic mass is 32.2. The van der Waals surface area contributed by atoms with Crippen LogP contribution >= 0.6 is 0 Å². The Hall–Kier alpha value is -2.36. The summed E-state index contributed by atoms with van der Waals surface area (Å²) in [4.78, 5) is 12.3. The molecule has 0 radical (unpaired) electrons. The van der Waals surface area contributed by atoms with Gasteiger partial charge in [-0.15, -0.1) is 0 Å². The Morgan fingerprint density at radius 3 is 2.64 bits per heavy atom. The van der Waals surface area contributed by atoms with E-state index in [0.29, 0.717) is 24.6 Å². The average Bonchev–Trinajstić information content (AvgIpc) is 3.10. The second kappa shape index (κ2) is 6.87. The number of nitrogens with one attached hydrogen (secondary N) is 1. The molecule has 3 rings (SSSR count). The number of benzene rings is 1. The SMILES string of the molecule is Cc1ccc(N)c(NC(=O)c2ccc(S(=O)(=O)N3CCOCC3)o2)c1. The molecule has 3 N–H and O–H groups in total. The number of morpholine rings is 1. The number of anilines is 2. The van der Waals surface area contributed by atoms with Crippen LogP contribution in [-0.4, -0.2) is 44.9 Å². The standard InChI is InChI=1S/C16H19N3O5S/c1-11-2-3-12(17)13(10-11)18-16(20)14-4-5-15(24-14)25(21,22)19-6-8-23-9-7-19/h2-5,10H,6-9,17H2,1H3,(H,18,20). The molecule has 0 bridgehead atoms. The zero-order chi connectivity index (χ0) is 18.0. The van der Waals surface area contributed by atoms with Crippen molar-refractivity contribution in [2.24, 2.45) is 0 Å². The Balaban J connectivity index is 1.78. The topological polar surface area (TPSA) is 115 Å². The summed E-state index contributed by atoms with van der Waals surface area (Å²) in [6.45, 7) is 3.05. The zero-order valence-corrected chi connectivity index (χ0v) is 14.5. The number of nitrogen functional groups attached to an aromatic ring is 1. The number of carbonyl (C=O) groups is 1. The maximum atomic E-state index is 12.5. The summed E-state index contributed by atoms with van der Waals surface area (Å²) in [5.74, 6) is -0.673. The molecule has 9 heteroatoms. The second-order valence-corrected chi connectivity index (χ2v) is 7.55. The summed E-state index contributed by atoms with van der Waals surface area (Å²) < 4.78 is 36.7. The van der Waals surface area contributed by atoms with E-state index in [4.69, 9.17) is 14.9 Å². The smallest absolute Gasteiger partial charge is 0.291 e. The fourth-order valence-electron chi connectivity index (χ4n) is 2.46. The molecule has 134 valence electrons. The van der Waals surface area contributed by atoms with Crippen LogP contribution in [-0.2, 0) is 14.8 Å². The molecule has 1 aromatic heterocycles. The van der Waals surface area contributed by atoms with Gasteiger partial charge in [-0.05, 0) is 36.8 Å². The first kappa shape index (κ1) is 17.5. The molecule has 1 fully saturated rings. The van der Waals surface area contributed by atoms with Crippen LogP contribution in [0.1, 0.15) is 16.1 Å². The van der Waals surface area contributed by atoms with E-state index in [1.165, 1.54) is 16.4 Å². The van der Waals surface area contributed by atoms with E-state index in [1.807, 2.05) is 13.0 Å². The van der Waals surface area contributed by atoms with Crippen LogP contribution in [0, 0.1) is 6.92 Å². The Morgan fingerprint density at radius 2 is 1.92 bits per heavy atom. The van der Waals surface area contributed by atoms with Gasteiger partial charge in [0.15, 0.2) is 5.76 Å². The van der Waals surface area contributed by atoms with E-state index < -0.39 is 15.9 Å². The van der Waals surface area contributed by atoms with E-state index in [-0.39, 0.29) is 23.9 Å². The summed E-state index contributed by atoms with van der Waals surface area (Å²) in [6, 6.07) is 7.84. The lowest BCUT2D eigenvalue weighted by atomic mass is 10.2. The van der Waals surface area contributed by atoms with Gasteiger partial charge in [-0.2, -0.15) is 4.31 Å².